The molecule has 0 atom stereocenters. The van der Waals surface area contributed by atoms with Crippen LogP contribution in [-0.2, 0) is 0 Å². The molecule has 0 N–H and O–H groups in total. The highest BCUT2D eigenvalue weighted by molar-refractivity contribution is 8.50. The van der Waals surface area contributed by atoms with Gasteiger partial charge < -0.3 is 0 Å². The molecule has 0 aromatic heterocycles. The van der Waals surface area contributed by atoms with Gasteiger partial charge in [0.25, 0.3) is 0 Å². The standard InChI is InChI=1S/C40H42S18/c1-7-9-11-13-17-45-33-34(46-18-14-12-10-8-2)54-37(53-33)38-57-39-40(58-38)56-36(55-39)35-47-25-19-23-21(27-49-29(41-3)30(42-4)50-27)15-16-22(24(23)20-26(25)48-35)28-51-31(43-5)32(44-6)52-28/h15-16,19-20H,7-14,17-18H2,1-6H3. The fraction of sp³-hybridized carbons (Fsp3) is 0.400. The summed E-state index contributed by atoms with van der Waals surface area (Å²) in [4.78, 5) is 2.81. The molecule has 0 spiro atoms. The molecule has 6 aliphatic rings. The maximum absolute atomic E-state index is 2.53. The molecule has 0 nitrogen and oxygen atoms in total. The van der Waals surface area contributed by atoms with E-state index in [9.17, 15) is 0 Å². The minimum atomic E-state index is 1.25. The zero-order chi connectivity index (χ0) is 40.2. The van der Waals surface area contributed by atoms with Gasteiger partial charge in [0, 0.05) is 20.2 Å². The van der Waals surface area contributed by atoms with Crippen LogP contribution in [0.25, 0.3) is 19.2 Å². The Labute approximate surface area is 422 Å². The van der Waals surface area contributed by atoms with Crippen LogP contribution in [0.3, 0.4) is 0 Å². The summed E-state index contributed by atoms with van der Waals surface area (Å²) in [5.74, 6) is 2.50. The third-order valence-corrected chi connectivity index (χ3v) is 34.4. The third kappa shape index (κ3) is 11.1. The van der Waals surface area contributed by atoms with Crippen molar-refractivity contribution in [2.24, 2.45) is 0 Å². The summed E-state index contributed by atoms with van der Waals surface area (Å²) in [5, 5.41) is 5.53. The van der Waals surface area contributed by atoms with Gasteiger partial charge >= 0.3 is 0 Å². The first-order valence-corrected chi connectivity index (χ1v) is 35.5. The fourth-order valence-electron chi connectivity index (χ4n) is 6.11. The Bertz CT molecular complexity index is 2090. The molecule has 6 aliphatic heterocycles. The summed E-state index contributed by atoms with van der Waals surface area (Å²) < 4.78 is 20.6. The van der Waals surface area contributed by atoms with E-state index in [1.54, 1.807) is 8.47 Å². The van der Waals surface area contributed by atoms with Gasteiger partial charge in [-0.1, -0.05) is 206 Å². The molecule has 0 saturated carbocycles. The predicted octanol–water partition coefficient (Wildman–Crippen LogP) is 19.4. The van der Waals surface area contributed by atoms with Gasteiger partial charge in [-0.15, -0.1) is 70.6 Å². The first kappa shape index (κ1) is 47.7. The Morgan fingerprint density at radius 3 is 1.03 bits per heavy atom. The van der Waals surface area contributed by atoms with Crippen LogP contribution in [0.15, 0.2) is 84.9 Å². The normalized spacial score (nSPS) is 19.7. The molecule has 0 aliphatic carbocycles. The maximum Gasteiger partial charge on any atom is 0.0718 e. The number of hydrogen-bond acceptors (Lipinski definition) is 18. The minimum absolute atomic E-state index is 1.25. The number of unbranched alkanes of at least 4 members (excludes halogenated alkanes) is 6. The van der Waals surface area contributed by atoms with Gasteiger partial charge in [0.1, 0.15) is 0 Å². The number of hydrogen-bond donors (Lipinski definition) is 0. The van der Waals surface area contributed by atoms with Crippen LogP contribution in [0.5, 0.6) is 0 Å². The molecule has 0 saturated heterocycles. The summed E-state index contributed by atoms with van der Waals surface area (Å²) in [6.07, 6.45) is 19.6. The lowest BCUT2D eigenvalue weighted by atomic mass is 10.1. The van der Waals surface area contributed by atoms with E-state index in [4.69, 9.17) is 0 Å². The SMILES string of the molecule is CCCCCCSC1=C(SCCCCCC)SC(=C2SC3=C(S2)SC(=C2Sc4cc5c(=C6SC(SC)=C(SC)S6)ccc(=C6SC(SC)=C(SC)S6)c5cc4S2)S3)S1. The van der Waals surface area contributed by atoms with Gasteiger partial charge in [0.2, 0.25) is 0 Å². The van der Waals surface area contributed by atoms with E-state index in [1.165, 1.54) is 145 Å². The van der Waals surface area contributed by atoms with E-state index in [1.807, 2.05) is 165 Å². The molecule has 8 rings (SSSR count). The van der Waals surface area contributed by atoms with Crippen molar-refractivity contribution in [2.75, 3.05) is 36.5 Å². The van der Waals surface area contributed by atoms with E-state index in [-0.39, 0.29) is 0 Å². The van der Waals surface area contributed by atoms with Gasteiger partial charge in [-0.3, -0.25) is 0 Å². The monoisotopic (exact) mass is 1100 g/mol. The molecule has 2 aromatic carbocycles. The second-order valence-electron chi connectivity index (χ2n) is 12.9. The van der Waals surface area contributed by atoms with Crippen molar-refractivity contribution in [3.63, 3.8) is 0 Å². The average molecular weight is 1100 g/mol. The number of benzene rings is 2. The summed E-state index contributed by atoms with van der Waals surface area (Å²) in [5.41, 5.74) is 0. The quantitative estimate of drug-likeness (QED) is 0.146. The van der Waals surface area contributed by atoms with E-state index < -0.39 is 0 Å². The first-order chi connectivity index (χ1) is 28.4. The summed E-state index contributed by atoms with van der Waals surface area (Å²) in [6, 6.07) is 9.88. The molecule has 2 aromatic rings. The highest BCUT2D eigenvalue weighted by Gasteiger charge is 2.37. The summed E-state index contributed by atoms with van der Waals surface area (Å²) in [6.45, 7) is 4.62. The Morgan fingerprint density at radius 1 is 0.362 bits per heavy atom. The third-order valence-electron chi connectivity index (χ3n) is 8.98. The van der Waals surface area contributed by atoms with Gasteiger partial charge in [0.05, 0.1) is 59.3 Å². The highest BCUT2D eigenvalue weighted by Crippen LogP contribution is 2.73. The van der Waals surface area contributed by atoms with Crippen molar-refractivity contribution in [3.05, 3.63) is 85.5 Å². The smallest absolute Gasteiger partial charge is 0.0718 e. The number of thioether (sulfide) groups is 18. The fourth-order valence-corrected chi connectivity index (χ4v) is 31.7. The van der Waals surface area contributed by atoms with Crippen molar-refractivity contribution < 1.29 is 0 Å². The molecule has 6 heterocycles. The number of rotatable bonds is 16. The molecule has 0 unspecified atom stereocenters. The van der Waals surface area contributed by atoms with Crippen LogP contribution in [0.1, 0.15) is 65.2 Å². The van der Waals surface area contributed by atoms with Crippen LogP contribution < -0.4 is 10.4 Å². The second kappa shape index (κ2) is 23.3. The van der Waals surface area contributed by atoms with Gasteiger partial charge in [-0.2, -0.15) is 0 Å². The lowest BCUT2D eigenvalue weighted by molar-refractivity contribution is 0.707. The molecule has 0 fully saturated rings. The van der Waals surface area contributed by atoms with E-state index in [2.05, 4.69) is 110 Å². The largest absolute Gasteiger partial charge is 0.121 e. The van der Waals surface area contributed by atoms with Crippen LogP contribution in [0.4, 0.5) is 0 Å². The Hall–Kier alpha value is 3.18. The van der Waals surface area contributed by atoms with Crippen molar-refractivity contribution in [1.29, 1.82) is 0 Å². The highest BCUT2D eigenvalue weighted by atomic mass is 32.3. The van der Waals surface area contributed by atoms with E-state index in [0.29, 0.717) is 0 Å². The van der Waals surface area contributed by atoms with Gasteiger partial charge in [-0.05, 0) is 72.3 Å². The van der Waals surface area contributed by atoms with Gasteiger partial charge in [-0.25, -0.2) is 0 Å². The Morgan fingerprint density at radius 2 is 0.690 bits per heavy atom. The molecule has 0 radical (unpaired) electrons. The first-order valence-electron chi connectivity index (χ1n) is 18.8. The van der Waals surface area contributed by atoms with Crippen LogP contribution in [0.2, 0.25) is 0 Å². The molecule has 0 bridgehead atoms. The van der Waals surface area contributed by atoms with Gasteiger partial charge in [0.15, 0.2) is 0 Å². The topological polar surface area (TPSA) is 0 Å². The molecule has 58 heavy (non-hydrogen) atoms. The van der Waals surface area contributed by atoms with E-state index >= 15 is 0 Å². The van der Waals surface area contributed by atoms with Crippen molar-refractivity contribution in [3.8, 4) is 0 Å². The van der Waals surface area contributed by atoms with E-state index in [0.717, 1.165) is 0 Å². The van der Waals surface area contributed by atoms with Crippen LogP contribution >= 0.6 is 212 Å². The van der Waals surface area contributed by atoms with Crippen LogP contribution in [0, 0.1) is 0 Å². The average Bonchev–Trinajstić information content (AvgIpc) is 4.09. The Kier molecular flexibility index (Phi) is 19.1. The van der Waals surface area contributed by atoms with Crippen molar-refractivity contribution in [2.45, 2.75) is 75.0 Å². The number of fused-ring (bicyclic) bond motifs is 2. The second-order valence-corrected chi connectivity index (χ2v) is 34.3. The molecule has 310 valence electrons. The zero-order valence-corrected chi connectivity index (χ0v) is 47.4. The summed E-state index contributed by atoms with van der Waals surface area (Å²) >= 11 is 35.9. The molecular formula is C40H42S18. The minimum Gasteiger partial charge on any atom is -0.121 e. The lowest BCUT2D eigenvalue weighted by Gasteiger charge is -2.08. The lowest BCUT2D eigenvalue weighted by Crippen LogP contribution is -2.13. The Balaban J connectivity index is 1.02. The van der Waals surface area contributed by atoms with Crippen LogP contribution in [-0.4, -0.2) is 36.5 Å². The maximum atomic E-state index is 2.53. The molecule has 0 amide bonds. The van der Waals surface area contributed by atoms with Crippen molar-refractivity contribution >= 4 is 231 Å². The molecular weight excluding hydrogens is 1060 g/mol. The predicted molar refractivity (Wildman–Crippen MR) is 307 cm³/mol. The summed E-state index contributed by atoms with van der Waals surface area (Å²) in [7, 11) is 0. The zero-order valence-electron chi connectivity index (χ0n) is 32.7. The van der Waals surface area contributed by atoms with Crippen molar-refractivity contribution in [1.82, 2.24) is 0 Å². The molecule has 18 heteroatoms.